The molecule has 0 unspecified atom stereocenters. The van der Waals surface area contributed by atoms with Gasteiger partial charge in [0.2, 0.25) is 5.91 Å². The van der Waals surface area contributed by atoms with E-state index in [-0.39, 0.29) is 26.1 Å². The van der Waals surface area contributed by atoms with Gasteiger partial charge < -0.3 is 14.6 Å². The Morgan fingerprint density at radius 1 is 1.03 bits per heavy atom. The number of hydrogen-bond acceptors (Lipinski definition) is 7. The molecule has 0 spiro atoms. The molecule has 1 heterocycles. The molecule has 2 aromatic rings. The third-order valence-corrected chi connectivity index (χ3v) is 5.27. The van der Waals surface area contributed by atoms with E-state index in [1.807, 2.05) is 12.1 Å². The molecule has 1 aliphatic heterocycles. The van der Waals surface area contributed by atoms with E-state index in [0.717, 1.165) is 20.9 Å². The van der Waals surface area contributed by atoms with Crippen molar-refractivity contribution < 1.29 is 33.8 Å². The van der Waals surface area contributed by atoms with Crippen molar-refractivity contribution in [2.24, 2.45) is 0 Å². The van der Waals surface area contributed by atoms with Gasteiger partial charge in [-0.15, -0.1) is 0 Å². The first-order valence-electron chi connectivity index (χ1n) is 10.6. The molecular formula is C24H26N2O7. The molecule has 0 saturated carbocycles. The Hall–Kier alpha value is -3.72. The van der Waals surface area contributed by atoms with Gasteiger partial charge in [-0.3, -0.25) is 19.4 Å². The van der Waals surface area contributed by atoms with Crippen molar-refractivity contribution >= 4 is 23.9 Å². The standard InChI is InChI=1S/C24H26N2O7/c1-2-32-23(30)20(13-17-9-5-3-6-10-17)26-21(28)14-19(22(26)29)25(16-27)24(31)33-15-18-11-7-4-8-12-18/h3-12,19-20,27H,2,13-16H2,1H3/t19-,20-/m0/s1. The summed E-state index contributed by atoms with van der Waals surface area (Å²) in [5, 5.41) is 9.76. The quantitative estimate of drug-likeness (QED) is 0.350. The van der Waals surface area contributed by atoms with Gasteiger partial charge >= 0.3 is 12.1 Å². The van der Waals surface area contributed by atoms with E-state index in [4.69, 9.17) is 9.47 Å². The van der Waals surface area contributed by atoms with E-state index in [2.05, 4.69) is 0 Å². The van der Waals surface area contributed by atoms with E-state index in [1.54, 1.807) is 55.5 Å². The SMILES string of the molecule is CCOC(=O)[C@H](Cc1ccccc1)N1C(=O)C[C@H](N(CO)C(=O)OCc2ccccc2)C1=O. The first-order valence-corrected chi connectivity index (χ1v) is 10.6. The Morgan fingerprint density at radius 2 is 1.64 bits per heavy atom. The number of carbonyl (C=O) groups is 4. The van der Waals surface area contributed by atoms with Crippen LogP contribution in [0.3, 0.4) is 0 Å². The Bertz CT molecular complexity index is 981. The summed E-state index contributed by atoms with van der Waals surface area (Å²) in [5.41, 5.74) is 1.46. The molecule has 1 fully saturated rings. The molecule has 0 aliphatic carbocycles. The number of rotatable bonds is 9. The smallest absolute Gasteiger partial charge is 0.412 e. The topological polar surface area (TPSA) is 113 Å². The highest BCUT2D eigenvalue weighted by Gasteiger charge is 2.49. The zero-order chi connectivity index (χ0) is 23.8. The van der Waals surface area contributed by atoms with Gasteiger partial charge in [-0.1, -0.05) is 60.7 Å². The lowest BCUT2D eigenvalue weighted by Crippen LogP contribution is -2.51. The van der Waals surface area contributed by atoms with Crippen LogP contribution in [-0.2, 0) is 36.9 Å². The maximum absolute atomic E-state index is 13.2. The number of esters is 1. The fraction of sp³-hybridized carbons (Fsp3) is 0.333. The van der Waals surface area contributed by atoms with E-state index >= 15 is 0 Å². The highest BCUT2D eigenvalue weighted by molar-refractivity contribution is 6.09. The number of imide groups is 1. The lowest BCUT2D eigenvalue weighted by molar-refractivity contribution is -0.158. The fourth-order valence-corrected chi connectivity index (χ4v) is 3.65. The molecule has 1 N–H and O–H groups in total. The van der Waals surface area contributed by atoms with Gasteiger partial charge in [0.05, 0.1) is 13.0 Å². The maximum Gasteiger partial charge on any atom is 0.412 e. The average molecular weight is 454 g/mol. The molecule has 2 atom stereocenters. The lowest BCUT2D eigenvalue weighted by Gasteiger charge is -2.27. The highest BCUT2D eigenvalue weighted by Crippen LogP contribution is 2.24. The summed E-state index contributed by atoms with van der Waals surface area (Å²) in [4.78, 5) is 52.8. The Balaban J connectivity index is 1.76. The lowest BCUT2D eigenvalue weighted by atomic mass is 10.0. The van der Waals surface area contributed by atoms with E-state index < -0.39 is 42.7 Å². The van der Waals surface area contributed by atoms with Crippen molar-refractivity contribution in [2.75, 3.05) is 13.3 Å². The third-order valence-electron chi connectivity index (χ3n) is 5.27. The summed E-state index contributed by atoms with van der Waals surface area (Å²) >= 11 is 0. The first kappa shape index (κ1) is 23.9. The number of amides is 3. The molecule has 9 nitrogen and oxygen atoms in total. The molecule has 1 aliphatic rings. The number of likely N-dealkylation sites (tertiary alicyclic amines) is 1. The van der Waals surface area contributed by atoms with Crippen LogP contribution in [-0.4, -0.2) is 64.2 Å². The zero-order valence-electron chi connectivity index (χ0n) is 18.3. The Kier molecular flexibility index (Phi) is 8.15. The Labute approximate surface area is 191 Å². The number of benzene rings is 2. The first-order chi connectivity index (χ1) is 16.0. The summed E-state index contributed by atoms with van der Waals surface area (Å²) in [6, 6.07) is 15.4. The maximum atomic E-state index is 13.2. The van der Waals surface area contributed by atoms with Gasteiger partial charge in [-0.05, 0) is 18.1 Å². The second-order valence-electron chi connectivity index (χ2n) is 7.43. The molecular weight excluding hydrogens is 428 g/mol. The van der Waals surface area contributed by atoms with Crippen LogP contribution in [0.5, 0.6) is 0 Å². The van der Waals surface area contributed by atoms with E-state index in [9.17, 15) is 24.3 Å². The van der Waals surface area contributed by atoms with Crippen LogP contribution in [0.25, 0.3) is 0 Å². The minimum atomic E-state index is -1.28. The highest BCUT2D eigenvalue weighted by atomic mass is 16.6. The van der Waals surface area contributed by atoms with E-state index in [0.29, 0.717) is 0 Å². The van der Waals surface area contributed by atoms with E-state index in [1.165, 1.54) is 0 Å². The van der Waals surface area contributed by atoms with Crippen LogP contribution in [0, 0.1) is 0 Å². The normalized spacial score (nSPS) is 16.4. The minimum absolute atomic E-state index is 0.0613. The molecule has 174 valence electrons. The molecule has 0 bridgehead atoms. The number of aliphatic hydroxyl groups excluding tert-OH is 1. The van der Waals surface area contributed by atoms with Gasteiger partial charge in [-0.25, -0.2) is 9.59 Å². The molecule has 3 amide bonds. The zero-order valence-corrected chi connectivity index (χ0v) is 18.3. The molecule has 2 aromatic carbocycles. The largest absolute Gasteiger partial charge is 0.464 e. The van der Waals surface area contributed by atoms with Crippen molar-refractivity contribution in [3.8, 4) is 0 Å². The summed E-state index contributed by atoms with van der Waals surface area (Å²) in [6.45, 7) is 0.824. The number of aliphatic hydroxyl groups is 1. The molecule has 3 rings (SSSR count). The van der Waals surface area contributed by atoms with Crippen LogP contribution < -0.4 is 0 Å². The number of carbonyl (C=O) groups excluding carboxylic acids is 4. The second-order valence-corrected chi connectivity index (χ2v) is 7.43. The third kappa shape index (κ3) is 5.75. The van der Waals surface area contributed by atoms with Crippen LogP contribution in [0.15, 0.2) is 60.7 Å². The fourth-order valence-electron chi connectivity index (χ4n) is 3.65. The van der Waals surface area contributed by atoms with Gasteiger partial charge in [0, 0.05) is 6.42 Å². The predicted molar refractivity (Wildman–Crippen MR) is 116 cm³/mol. The van der Waals surface area contributed by atoms with Gasteiger partial charge in [0.15, 0.2) is 0 Å². The average Bonchev–Trinajstić information content (AvgIpc) is 3.11. The number of nitrogens with zero attached hydrogens (tertiary/aromatic N) is 2. The van der Waals surface area contributed by atoms with Crippen molar-refractivity contribution in [3.63, 3.8) is 0 Å². The number of hydrogen-bond donors (Lipinski definition) is 1. The summed E-state index contributed by atoms with van der Waals surface area (Å²) in [7, 11) is 0. The van der Waals surface area contributed by atoms with Crippen molar-refractivity contribution in [1.29, 1.82) is 0 Å². The van der Waals surface area contributed by atoms with Crippen molar-refractivity contribution in [3.05, 3.63) is 71.8 Å². The van der Waals surface area contributed by atoms with Crippen molar-refractivity contribution in [1.82, 2.24) is 9.80 Å². The van der Waals surface area contributed by atoms with Crippen LogP contribution in [0.4, 0.5) is 4.79 Å². The number of ether oxygens (including phenoxy) is 2. The van der Waals surface area contributed by atoms with Crippen LogP contribution >= 0.6 is 0 Å². The second kappa shape index (κ2) is 11.2. The summed E-state index contributed by atoms with van der Waals surface area (Å²) < 4.78 is 10.3. The molecule has 0 aromatic heterocycles. The van der Waals surface area contributed by atoms with Crippen LogP contribution in [0.2, 0.25) is 0 Å². The molecule has 9 heteroatoms. The summed E-state index contributed by atoms with van der Waals surface area (Å²) in [5.74, 6) is -2.11. The van der Waals surface area contributed by atoms with Gasteiger partial charge in [0.1, 0.15) is 25.4 Å². The molecule has 0 radical (unpaired) electrons. The van der Waals surface area contributed by atoms with Gasteiger partial charge in [0.25, 0.3) is 5.91 Å². The molecule has 1 saturated heterocycles. The predicted octanol–water partition coefficient (Wildman–Crippen LogP) is 1.88. The monoisotopic (exact) mass is 454 g/mol. The summed E-state index contributed by atoms with van der Waals surface area (Å²) in [6.07, 6.45) is -1.24. The molecule has 33 heavy (non-hydrogen) atoms. The van der Waals surface area contributed by atoms with Crippen LogP contribution in [0.1, 0.15) is 24.5 Å². The Morgan fingerprint density at radius 3 is 2.21 bits per heavy atom. The van der Waals surface area contributed by atoms with Crippen molar-refractivity contribution in [2.45, 2.75) is 38.5 Å². The van der Waals surface area contributed by atoms with Gasteiger partial charge in [-0.2, -0.15) is 0 Å². The minimum Gasteiger partial charge on any atom is -0.464 e.